The predicted octanol–water partition coefficient (Wildman–Crippen LogP) is 3.73. The van der Waals surface area contributed by atoms with Crippen molar-refractivity contribution in [3.05, 3.63) is 58.3 Å². The zero-order valence-corrected chi connectivity index (χ0v) is 15.0. The number of likely N-dealkylation sites (tertiary alicyclic amines) is 2. The lowest BCUT2D eigenvalue weighted by Gasteiger charge is -2.43. The normalized spacial score (nSPS) is 24.0. The second-order valence-electron chi connectivity index (χ2n) is 7.20. The average Bonchev–Trinajstić information content (AvgIpc) is 3.21. The molecule has 2 aromatic rings. The fourth-order valence-electron chi connectivity index (χ4n) is 4.33. The number of piperidine rings is 1. The van der Waals surface area contributed by atoms with Crippen molar-refractivity contribution in [3.63, 3.8) is 0 Å². The van der Waals surface area contributed by atoms with Crippen LogP contribution in [0.2, 0.25) is 0 Å². The molecule has 0 N–H and O–H groups in total. The Labute approximate surface area is 147 Å². The summed E-state index contributed by atoms with van der Waals surface area (Å²) in [6, 6.07) is 12.5. The van der Waals surface area contributed by atoms with Crippen molar-refractivity contribution in [1.82, 2.24) is 9.80 Å². The van der Waals surface area contributed by atoms with Crippen molar-refractivity contribution in [2.24, 2.45) is 0 Å². The molecule has 24 heavy (non-hydrogen) atoms. The summed E-state index contributed by atoms with van der Waals surface area (Å²) in [6.07, 6.45) is 3.14. The SMILES string of the molecule is CN1C(=O)[C@@H](c2ccccc2)CC12CCN(Cc1ccsc1)CC2. The number of likely N-dealkylation sites (N-methyl/N-ethyl adjacent to an activating group) is 1. The van der Waals surface area contributed by atoms with Gasteiger partial charge in [0, 0.05) is 32.2 Å². The molecule has 1 amide bonds. The number of amides is 1. The van der Waals surface area contributed by atoms with Crippen molar-refractivity contribution in [2.45, 2.75) is 37.3 Å². The van der Waals surface area contributed by atoms with E-state index in [0.29, 0.717) is 5.91 Å². The van der Waals surface area contributed by atoms with E-state index in [-0.39, 0.29) is 11.5 Å². The van der Waals surface area contributed by atoms with Crippen LogP contribution in [-0.4, -0.2) is 41.4 Å². The van der Waals surface area contributed by atoms with Crippen molar-refractivity contribution in [2.75, 3.05) is 20.1 Å². The molecule has 2 fully saturated rings. The van der Waals surface area contributed by atoms with E-state index in [2.05, 4.69) is 38.8 Å². The molecule has 1 aromatic carbocycles. The van der Waals surface area contributed by atoms with E-state index in [1.807, 2.05) is 25.2 Å². The Morgan fingerprint density at radius 3 is 2.58 bits per heavy atom. The third-order valence-corrected chi connectivity index (χ3v) is 6.63. The minimum absolute atomic E-state index is 0.0413. The Morgan fingerprint density at radius 2 is 1.92 bits per heavy atom. The van der Waals surface area contributed by atoms with Crippen LogP contribution in [0.1, 0.15) is 36.3 Å². The maximum Gasteiger partial charge on any atom is 0.230 e. The van der Waals surface area contributed by atoms with Gasteiger partial charge >= 0.3 is 0 Å². The predicted molar refractivity (Wildman–Crippen MR) is 98.1 cm³/mol. The first-order valence-electron chi connectivity index (χ1n) is 8.74. The molecule has 3 nitrogen and oxygen atoms in total. The minimum atomic E-state index is 0.0413. The number of nitrogens with zero attached hydrogens (tertiary/aromatic N) is 2. The number of thiophene rings is 1. The molecule has 2 aliphatic rings. The Balaban J connectivity index is 1.45. The molecule has 3 heterocycles. The molecule has 0 bridgehead atoms. The maximum absolute atomic E-state index is 12.8. The summed E-state index contributed by atoms with van der Waals surface area (Å²) in [5.41, 5.74) is 2.64. The van der Waals surface area contributed by atoms with Crippen molar-refractivity contribution in [3.8, 4) is 0 Å². The van der Waals surface area contributed by atoms with E-state index in [1.54, 1.807) is 11.3 Å². The minimum Gasteiger partial charge on any atom is -0.339 e. The molecule has 2 aliphatic heterocycles. The first kappa shape index (κ1) is 15.9. The topological polar surface area (TPSA) is 23.6 Å². The monoisotopic (exact) mass is 340 g/mol. The van der Waals surface area contributed by atoms with Crippen molar-refractivity contribution >= 4 is 17.2 Å². The van der Waals surface area contributed by atoms with E-state index in [9.17, 15) is 4.79 Å². The highest BCUT2D eigenvalue weighted by molar-refractivity contribution is 7.07. The van der Waals surface area contributed by atoms with Crippen LogP contribution >= 0.6 is 11.3 Å². The fraction of sp³-hybridized carbons (Fsp3) is 0.450. The summed E-state index contributed by atoms with van der Waals surface area (Å²) in [5, 5.41) is 4.38. The van der Waals surface area contributed by atoms with Crippen LogP contribution in [-0.2, 0) is 11.3 Å². The number of carbonyl (C=O) groups is 1. The zero-order valence-electron chi connectivity index (χ0n) is 14.1. The quantitative estimate of drug-likeness (QED) is 0.850. The summed E-state index contributed by atoms with van der Waals surface area (Å²) in [4.78, 5) is 17.4. The fourth-order valence-corrected chi connectivity index (χ4v) is 4.99. The summed E-state index contributed by atoms with van der Waals surface area (Å²) >= 11 is 1.77. The van der Waals surface area contributed by atoms with E-state index in [0.717, 1.165) is 38.9 Å². The lowest BCUT2D eigenvalue weighted by atomic mass is 9.81. The molecule has 1 spiro atoms. The van der Waals surface area contributed by atoms with E-state index < -0.39 is 0 Å². The average molecular weight is 340 g/mol. The molecular formula is C20H24N2OS. The van der Waals surface area contributed by atoms with Gasteiger partial charge in [0.1, 0.15) is 0 Å². The van der Waals surface area contributed by atoms with Gasteiger partial charge in [-0.2, -0.15) is 11.3 Å². The molecule has 0 aliphatic carbocycles. The molecule has 0 radical (unpaired) electrons. The first-order valence-corrected chi connectivity index (χ1v) is 9.68. The summed E-state index contributed by atoms with van der Waals surface area (Å²) in [5.74, 6) is 0.340. The number of hydrogen-bond donors (Lipinski definition) is 0. The highest BCUT2D eigenvalue weighted by atomic mass is 32.1. The van der Waals surface area contributed by atoms with E-state index in [4.69, 9.17) is 0 Å². The Hall–Kier alpha value is -1.65. The van der Waals surface area contributed by atoms with Gasteiger partial charge in [0.15, 0.2) is 0 Å². The van der Waals surface area contributed by atoms with Gasteiger partial charge in [-0.3, -0.25) is 9.69 Å². The molecule has 0 saturated carbocycles. The van der Waals surface area contributed by atoms with Gasteiger partial charge < -0.3 is 4.90 Å². The number of carbonyl (C=O) groups excluding carboxylic acids is 1. The van der Waals surface area contributed by atoms with E-state index in [1.165, 1.54) is 11.1 Å². The standard InChI is InChI=1S/C20H24N2OS/c1-21-19(23)18(17-5-3-2-4-6-17)13-20(21)8-10-22(11-9-20)14-16-7-12-24-15-16/h2-7,12,15,18H,8-11,13-14H2,1H3/t18-/m1/s1. The Morgan fingerprint density at radius 1 is 1.17 bits per heavy atom. The number of rotatable bonds is 3. The Kier molecular flexibility index (Phi) is 4.19. The van der Waals surface area contributed by atoms with Crippen molar-refractivity contribution in [1.29, 1.82) is 0 Å². The van der Waals surface area contributed by atoms with Crippen molar-refractivity contribution < 1.29 is 4.79 Å². The Bertz CT molecular complexity index is 690. The molecule has 0 unspecified atom stereocenters. The molecule has 4 rings (SSSR count). The zero-order chi connectivity index (χ0) is 16.6. The molecule has 126 valence electrons. The second kappa shape index (κ2) is 6.34. The molecule has 1 aromatic heterocycles. The van der Waals surface area contributed by atoms with Crippen LogP contribution in [0, 0.1) is 0 Å². The third kappa shape index (κ3) is 2.78. The van der Waals surface area contributed by atoms with Crippen LogP contribution < -0.4 is 0 Å². The van der Waals surface area contributed by atoms with Crippen LogP contribution in [0.3, 0.4) is 0 Å². The number of benzene rings is 1. The van der Waals surface area contributed by atoms with Gasteiger partial charge in [-0.15, -0.1) is 0 Å². The molecule has 1 atom stereocenters. The maximum atomic E-state index is 12.8. The smallest absolute Gasteiger partial charge is 0.230 e. The van der Waals surface area contributed by atoms with Gasteiger partial charge in [0.05, 0.1) is 5.92 Å². The highest BCUT2D eigenvalue weighted by Crippen LogP contribution is 2.44. The van der Waals surface area contributed by atoms with Crippen LogP contribution in [0.4, 0.5) is 0 Å². The third-order valence-electron chi connectivity index (χ3n) is 5.90. The molecule has 4 heteroatoms. The highest BCUT2D eigenvalue weighted by Gasteiger charge is 2.50. The molecule has 2 saturated heterocycles. The first-order chi connectivity index (χ1) is 11.7. The second-order valence-corrected chi connectivity index (χ2v) is 7.98. The van der Waals surface area contributed by atoms with Gasteiger partial charge in [0.25, 0.3) is 0 Å². The summed E-state index contributed by atoms with van der Waals surface area (Å²) in [6.45, 7) is 3.20. The van der Waals surface area contributed by atoms with Gasteiger partial charge in [-0.05, 0) is 47.2 Å². The summed E-state index contributed by atoms with van der Waals surface area (Å²) in [7, 11) is 2.01. The van der Waals surface area contributed by atoms with Gasteiger partial charge in [-0.25, -0.2) is 0 Å². The lowest BCUT2D eigenvalue weighted by molar-refractivity contribution is -0.131. The van der Waals surface area contributed by atoms with Crippen LogP contribution in [0.15, 0.2) is 47.2 Å². The van der Waals surface area contributed by atoms with E-state index >= 15 is 0 Å². The van der Waals surface area contributed by atoms with Crippen LogP contribution in [0.25, 0.3) is 0 Å². The largest absolute Gasteiger partial charge is 0.339 e. The van der Waals surface area contributed by atoms with Gasteiger partial charge in [0.2, 0.25) is 5.91 Å². The molecular weight excluding hydrogens is 316 g/mol. The lowest BCUT2D eigenvalue weighted by Crippen LogP contribution is -2.51. The summed E-state index contributed by atoms with van der Waals surface area (Å²) < 4.78 is 0. The van der Waals surface area contributed by atoms with Crippen LogP contribution in [0.5, 0.6) is 0 Å². The number of hydrogen-bond acceptors (Lipinski definition) is 3. The van der Waals surface area contributed by atoms with Gasteiger partial charge in [-0.1, -0.05) is 30.3 Å².